The standard InChI is InChI=1S/C9H13ClN2O2/c1-8(2)5-9(10,7(13)14-8)6-11-3-4-12-6/h3-5H2,1-2H3,(H,11,12)/t9-/m0/s1. The summed E-state index contributed by atoms with van der Waals surface area (Å²) >= 11 is 6.24. The van der Waals surface area contributed by atoms with Crippen LogP contribution in [-0.2, 0) is 9.53 Å². The maximum Gasteiger partial charge on any atom is 0.335 e. The number of aliphatic imine (C=N–C) groups is 1. The molecule has 1 fully saturated rings. The molecule has 2 aliphatic heterocycles. The van der Waals surface area contributed by atoms with Crippen LogP contribution >= 0.6 is 11.6 Å². The molecule has 0 bridgehead atoms. The molecular formula is C9H13ClN2O2. The average Bonchev–Trinajstić information content (AvgIpc) is 2.58. The zero-order chi connectivity index (χ0) is 10.4. The van der Waals surface area contributed by atoms with Crippen molar-refractivity contribution in [3.63, 3.8) is 0 Å². The van der Waals surface area contributed by atoms with Crippen LogP contribution in [0.2, 0.25) is 0 Å². The van der Waals surface area contributed by atoms with Crippen molar-refractivity contribution in [3.8, 4) is 0 Å². The third-order valence-corrected chi connectivity index (χ3v) is 2.88. The number of esters is 1. The quantitative estimate of drug-likeness (QED) is 0.518. The van der Waals surface area contributed by atoms with Gasteiger partial charge in [-0.2, -0.15) is 0 Å². The summed E-state index contributed by atoms with van der Waals surface area (Å²) in [4.78, 5) is 14.7. The van der Waals surface area contributed by atoms with Gasteiger partial charge in [0.2, 0.25) is 4.87 Å². The molecule has 0 radical (unpaired) electrons. The monoisotopic (exact) mass is 216 g/mol. The van der Waals surface area contributed by atoms with Gasteiger partial charge in [-0.15, -0.1) is 0 Å². The van der Waals surface area contributed by atoms with Crippen molar-refractivity contribution in [1.82, 2.24) is 5.32 Å². The number of cyclic esters (lactones) is 1. The maximum atomic E-state index is 11.6. The van der Waals surface area contributed by atoms with Crippen LogP contribution in [0.3, 0.4) is 0 Å². The van der Waals surface area contributed by atoms with E-state index in [2.05, 4.69) is 10.3 Å². The second kappa shape index (κ2) is 2.86. The Bertz CT molecular complexity index is 314. The molecule has 78 valence electrons. The van der Waals surface area contributed by atoms with E-state index in [1.807, 2.05) is 13.8 Å². The normalized spacial score (nSPS) is 35.1. The Kier molecular flexibility index (Phi) is 2.00. The van der Waals surface area contributed by atoms with E-state index in [4.69, 9.17) is 16.3 Å². The zero-order valence-electron chi connectivity index (χ0n) is 8.26. The van der Waals surface area contributed by atoms with E-state index < -0.39 is 16.4 Å². The van der Waals surface area contributed by atoms with E-state index in [9.17, 15) is 4.79 Å². The van der Waals surface area contributed by atoms with E-state index in [0.29, 0.717) is 18.8 Å². The van der Waals surface area contributed by atoms with Gasteiger partial charge in [-0.05, 0) is 13.8 Å². The van der Waals surface area contributed by atoms with E-state index in [1.165, 1.54) is 0 Å². The van der Waals surface area contributed by atoms with Crippen LogP contribution in [0.25, 0.3) is 0 Å². The summed E-state index contributed by atoms with van der Waals surface area (Å²) in [6.07, 6.45) is 0.465. The number of rotatable bonds is 1. The summed E-state index contributed by atoms with van der Waals surface area (Å²) < 4.78 is 5.18. The molecule has 0 amide bonds. The summed E-state index contributed by atoms with van der Waals surface area (Å²) in [5.74, 6) is 0.173. The van der Waals surface area contributed by atoms with E-state index in [-0.39, 0.29) is 0 Å². The fourth-order valence-corrected chi connectivity index (χ4v) is 2.36. The van der Waals surface area contributed by atoms with Crippen LogP contribution in [-0.4, -0.2) is 35.4 Å². The van der Waals surface area contributed by atoms with Crippen LogP contribution in [0.4, 0.5) is 0 Å². The van der Waals surface area contributed by atoms with E-state index in [1.54, 1.807) is 0 Å². The highest BCUT2D eigenvalue weighted by molar-refractivity contribution is 6.47. The molecular weight excluding hydrogens is 204 g/mol. The molecule has 0 saturated carbocycles. The van der Waals surface area contributed by atoms with Gasteiger partial charge in [0.15, 0.2) is 0 Å². The molecule has 0 aromatic heterocycles. The van der Waals surface area contributed by atoms with E-state index >= 15 is 0 Å². The van der Waals surface area contributed by atoms with Crippen LogP contribution < -0.4 is 5.32 Å². The highest BCUT2D eigenvalue weighted by Gasteiger charge is 2.55. The topological polar surface area (TPSA) is 50.7 Å². The summed E-state index contributed by atoms with van der Waals surface area (Å²) in [5.41, 5.74) is -0.494. The highest BCUT2D eigenvalue weighted by atomic mass is 35.5. The van der Waals surface area contributed by atoms with Gasteiger partial charge in [0.1, 0.15) is 11.4 Å². The number of nitrogens with one attached hydrogen (secondary N) is 1. The van der Waals surface area contributed by atoms with Gasteiger partial charge in [0.05, 0.1) is 6.54 Å². The molecule has 0 unspecified atom stereocenters. The Morgan fingerprint density at radius 1 is 1.57 bits per heavy atom. The number of ether oxygens (including phenoxy) is 1. The summed E-state index contributed by atoms with van der Waals surface area (Å²) in [6.45, 7) is 5.13. The lowest BCUT2D eigenvalue weighted by atomic mass is 9.96. The minimum Gasteiger partial charge on any atom is -0.458 e. The average molecular weight is 217 g/mol. The summed E-state index contributed by atoms with van der Waals surface area (Å²) in [6, 6.07) is 0. The first-order chi connectivity index (χ1) is 6.44. The number of halogens is 1. The molecule has 0 aromatic carbocycles. The lowest BCUT2D eigenvalue weighted by Gasteiger charge is -2.18. The van der Waals surface area contributed by atoms with Crippen molar-refractivity contribution in [2.45, 2.75) is 30.7 Å². The smallest absolute Gasteiger partial charge is 0.335 e. The number of hydrogen-bond donors (Lipinski definition) is 1. The van der Waals surface area contributed by atoms with Gasteiger partial charge in [-0.25, -0.2) is 4.79 Å². The predicted molar refractivity (Wildman–Crippen MR) is 53.7 cm³/mol. The van der Waals surface area contributed by atoms with Crippen molar-refractivity contribution < 1.29 is 9.53 Å². The van der Waals surface area contributed by atoms with Gasteiger partial charge in [0.25, 0.3) is 0 Å². The Balaban J connectivity index is 2.28. The minimum atomic E-state index is -1.08. The number of alkyl halides is 1. The Morgan fingerprint density at radius 2 is 2.29 bits per heavy atom. The maximum absolute atomic E-state index is 11.6. The third kappa shape index (κ3) is 1.38. The van der Waals surface area contributed by atoms with Crippen LogP contribution in [0.5, 0.6) is 0 Å². The Morgan fingerprint density at radius 3 is 2.71 bits per heavy atom. The van der Waals surface area contributed by atoms with Gasteiger partial charge in [-0.1, -0.05) is 11.6 Å². The molecule has 1 N–H and O–H groups in total. The SMILES string of the molecule is CC1(C)C[C@](Cl)(C2=NCCN2)C(=O)O1. The van der Waals surface area contributed by atoms with Crippen molar-refractivity contribution in [2.24, 2.45) is 4.99 Å². The fraction of sp³-hybridized carbons (Fsp3) is 0.778. The lowest BCUT2D eigenvalue weighted by Crippen LogP contribution is -2.44. The molecule has 2 heterocycles. The second-order valence-corrected chi connectivity index (χ2v) is 4.93. The molecule has 2 rings (SSSR count). The highest BCUT2D eigenvalue weighted by Crippen LogP contribution is 2.39. The molecule has 2 aliphatic rings. The number of carbonyl (C=O) groups is 1. The number of amidine groups is 1. The van der Waals surface area contributed by atoms with Gasteiger partial charge < -0.3 is 10.1 Å². The number of carbonyl (C=O) groups excluding carboxylic acids is 1. The third-order valence-electron chi connectivity index (χ3n) is 2.41. The van der Waals surface area contributed by atoms with E-state index in [0.717, 1.165) is 6.54 Å². The Labute approximate surface area is 87.7 Å². The predicted octanol–water partition coefficient (Wildman–Crippen LogP) is 0.691. The fourth-order valence-electron chi connectivity index (χ4n) is 1.87. The molecule has 5 heteroatoms. The first-order valence-electron chi connectivity index (χ1n) is 4.65. The van der Waals surface area contributed by atoms with Crippen LogP contribution in [0.15, 0.2) is 4.99 Å². The molecule has 0 aliphatic carbocycles. The van der Waals surface area contributed by atoms with Crippen molar-refractivity contribution >= 4 is 23.4 Å². The molecule has 0 spiro atoms. The number of hydrogen-bond acceptors (Lipinski definition) is 4. The van der Waals surface area contributed by atoms with Crippen molar-refractivity contribution in [2.75, 3.05) is 13.1 Å². The Hall–Kier alpha value is -0.770. The minimum absolute atomic E-state index is 0.391. The molecule has 14 heavy (non-hydrogen) atoms. The van der Waals surface area contributed by atoms with Crippen LogP contribution in [0, 0.1) is 0 Å². The summed E-state index contributed by atoms with van der Waals surface area (Å²) in [5, 5.41) is 3.02. The lowest BCUT2D eigenvalue weighted by molar-refractivity contribution is -0.146. The zero-order valence-corrected chi connectivity index (χ0v) is 9.02. The second-order valence-electron chi connectivity index (χ2n) is 4.28. The first-order valence-corrected chi connectivity index (χ1v) is 5.03. The van der Waals surface area contributed by atoms with Crippen LogP contribution in [0.1, 0.15) is 20.3 Å². The van der Waals surface area contributed by atoms with Gasteiger partial charge in [-0.3, -0.25) is 4.99 Å². The summed E-state index contributed by atoms with van der Waals surface area (Å²) in [7, 11) is 0. The van der Waals surface area contributed by atoms with Crippen molar-refractivity contribution in [1.29, 1.82) is 0 Å². The van der Waals surface area contributed by atoms with Gasteiger partial charge >= 0.3 is 5.97 Å². The molecule has 0 aromatic rings. The molecule has 4 nitrogen and oxygen atoms in total. The van der Waals surface area contributed by atoms with Gasteiger partial charge in [0, 0.05) is 13.0 Å². The number of nitrogens with zero attached hydrogens (tertiary/aromatic N) is 1. The van der Waals surface area contributed by atoms with Crippen molar-refractivity contribution in [3.05, 3.63) is 0 Å². The molecule has 1 atom stereocenters. The largest absolute Gasteiger partial charge is 0.458 e. The molecule has 1 saturated heterocycles. The first kappa shape index (κ1) is 9.77.